The molecule has 140 valence electrons. The molecule has 3 amide bonds. The number of hydrogen-bond acceptors (Lipinski definition) is 7. The first kappa shape index (κ1) is 17.2. The molecule has 2 aliphatic rings. The van der Waals surface area contributed by atoms with Crippen molar-refractivity contribution in [3.05, 3.63) is 42.9 Å². The summed E-state index contributed by atoms with van der Waals surface area (Å²) in [6.07, 6.45) is 6.06. The smallest absolute Gasteiger partial charge is 0.325 e. The number of pyridine rings is 1. The summed E-state index contributed by atoms with van der Waals surface area (Å²) < 4.78 is 5.51. The quantitative estimate of drug-likeness (QED) is 0.781. The summed E-state index contributed by atoms with van der Waals surface area (Å²) in [5, 5.41) is 2.89. The van der Waals surface area contributed by atoms with E-state index in [4.69, 9.17) is 4.74 Å². The number of amides is 3. The second-order valence-electron chi connectivity index (χ2n) is 6.52. The van der Waals surface area contributed by atoms with E-state index in [1.807, 2.05) is 11.0 Å². The molecule has 0 radical (unpaired) electrons. The van der Waals surface area contributed by atoms with E-state index < -0.39 is 5.54 Å². The van der Waals surface area contributed by atoms with Gasteiger partial charge in [-0.3, -0.25) is 9.69 Å². The molecule has 0 bridgehead atoms. The maximum atomic E-state index is 12.9. The largest absolute Gasteiger partial charge is 0.476 e. The van der Waals surface area contributed by atoms with Gasteiger partial charge in [0, 0.05) is 37.7 Å². The number of anilines is 1. The molecule has 9 heteroatoms. The maximum Gasteiger partial charge on any atom is 0.325 e. The summed E-state index contributed by atoms with van der Waals surface area (Å²) in [4.78, 5) is 41.0. The summed E-state index contributed by atoms with van der Waals surface area (Å²) in [5.74, 6) is 0.922. The topological polar surface area (TPSA) is 101 Å². The highest BCUT2D eigenvalue weighted by atomic mass is 16.5. The third-order valence-electron chi connectivity index (χ3n) is 4.90. The number of nitrogens with zero attached hydrogens (tertiary/aromatic N) is 5. The van der Waals surface area contributed by atoms with Crippen LogP contribution in [0.1, 0.15) is 12.8 Å². The van der Waals surface area contributed by atoms with Gasteiger partial charge in [-0.05, 0) is 25.0 Å². The molecular weight excluding hydrogens is 348 g/mol. The molecule has 1 spiro atoms. The Labute approximate surface area is 156 Å². The number of aromatic nitrogens is 3. The number of carbonyl (C=O) groups is 2. The molecule has 27 heavy (non-hydrogen) atoms. The lowest BCUT2D eigenvalue weighted by Gasteiger charge is -2.37. The van der Waals surface area contributed by atoms with Gasteiger partial charge < -0.3 is 15.0 Å². The minimum atomic E-state index is -0.840. The molecule has 0 aliphatic carbocycles. The third-order valence-corrected chi connectivity index (χ3v) is 4.90. The Bertz CT molecular complexity index is 808. The van der Waals surface area contributed by atoms with Crippen molar-refractivity contribution in [3.8, 4) is 5.88 Å². The van der Waals surface area contributed by atoms with Crippen molar-refractivity contribution in [1.29, 1.82) is 0 Å². The Balaban J connectivity index is 1.35. The second-order valence-corrected chi connectivity index (χ2v) is 6.52. The first-order valence-corrected chi connectivity index (χ1v) is 8.88. The van der Waals surface area contributed by atoms with Crippen molar-refractivity contribution in [2.75, 3.05) is 31.1 Å². The molecule has 2 aromatic rings. The number of imide groups is 1. The zero-order chi connectivity index (χ0) is 18.7. The molecule has 4 rings (SSSR count). The lowest BCUT2D eigenvalue weighted by Crippen LogP contribution is -2.55. The SMILES string of the molecule is O=C1NC2(CCN(c3ncccn3)CC2)C(=O)N1CCOc1ccccn1. The lowest BCUT2D eigenvalue weighted by atomic mass is 9.87. The van der Waals surface area contributed by atoms with Crippen molar-refractivity contribution < 1.29 is 14.3 Å². The van der Waals surface area contributed by atoms with Gasteiger partial charge in [0.25, 0.3) is 5.91 Å². The van der Waals surface area contributed by atoms with E-state index >= 15 is 0 Å². The molecule has 2 aromatic heterocycles. The van der Waals surface area contributed by atoms with Gasteiger partial charge in [-0.1, -0.05) is 6.07 Å². The van der Waals surface area contributed by atoms with Crippen LogP contribution in [0.3, 0.4) is 0 Å². The van der Waals surface area contributed by atoms with Crippen molar-refractivity contribution in [3.63, 3.8) is 0 Å². The van der Waals surface area contributed by atoms with E-state index in [1.54, 1.807) is 36.8 Å². The Morgan fingerprint density at radius 2 is 1.78 bits per heavy atom. The van der Waals surface area contributed by atoms with Crippen LogP contribution in [0.2, 0.25) is 0 Å². The number of urea groups is 1. The molecule has 2 saturated heterocycles. The fraction of sp³-hybridized carbons (Fsp3) is 0.389. The molecule has 9 nitrogen and oxygen atoms in total. The Hall–Kier alpha value is -3.23. The van der Waals surface area contributed by atoms with E-state index in [9.17, 15) is 9.59 Å². The highest BCUT2D eigenvalue weighted by molar-refractivity contribution is 6.07. The molecule has 1 N–H and O–H groups in total. The summed E-state index contributed by atoms with van der Waals surface area (Å²) >= 11 is 0. The summed E-state index contributed by atoms with van der Waals surface area (Å²) in [6, 6.07) is 6.74. The first-order valence-electron chi connectivity index (χ1n) is 8.88. The number of nitrogens with one attached hydrogen (secondary N) is 1. The molecule has 2 fully saturated rings. The molecule has 2 aliphatic heterocycles. The minimum absolute atomic E-state index is 0.189. The van der Waals surface area contributed by atoms with Gasteiger partial charge in [0.1, 0.15) is 12.1 Å². The predicted octanol–water partition coefficient (Wildman–Crippen LogP) is 0.841. The normalized spacial score (nSPS) is 18.7. The predicted molar refractivity (Wildman–Crippen MR) is 96.2 cm³/mol. The van der Waals surface area contributed by atoms with E-state index in [0.717, 1.165) is 0 Å². The highest BCUT2D eigenvalue weighted by Crippen LogP contribution is 2.30. The van der Waals surface area contributed by atoms with Crippen molar-refractivity contribution in [2.45, 2.75) is 18.4 Å². The van der Waals surface area contributed by atoms with Crippen LogP contribution in [0.4, 0.5) is 10.7 Å². The van der Waals surface area contributed by atoms with Gasteiger partial charge in [-0.15, -0.1) is 0 Å². The second kappa shape index (κ2) is 7.18. The summed E-state index contributed by atoms with van der Waals surface area (Å²) in [6.45, 7) is 1.60. The molecule has 0 saturated carbocycles. The van der Waals surface area contributed by atoms with Crippen molar-refractivity contribution >= 4 is 17.9 Å². The number of carbonyl (C=O) groups excluding carboxylic acids is 2. The van der Waals surface area contributed by atoms with Crippen molar-refractivity contribution in [2.24, 2.45) is 0 Å². The summed E-state index contributed by atoms with van der Waals surface area (Å²) in [5.41, 5.74) is -0.840. The summed E-state index contributed by atoms with van der Waals surface area (Å²) in [7, 11) is 0. The Morgan fingerprint density at radius 1 is 1.04 bits per heavy atom. The lowest BCUT2D eigenvalue weighted by molar-refractivity contribution is -0.132. The van der Waals surface area contributed by atoms with E-state index in [0.29, 0.717) is 37.8 Å². The van der Waals surface area contributed by atoms with Gasteiger partial charge in [0.05, 0.1) is 6.54 Å². The Morgan fingerprint density at radius 3 is 2.48 bits per heavy atom. The zero-order valence-corrected chi connectivity index (χ0v) is 14.7. The van der Waals surface area contributed by atoms with Crippen molar-refractivity contribution in [1.82, 2.24) is 25.2 Å². The number of rotatable bonds is 5. The molecule has 4 heterocycles. The van der Waals surface area contributed by atoms with Crippen LogP contribution in [0.5, 0.6) is 5.88 Å². The maximum absolute atomic E-state index is 12.9. The third kappa shape index (κ3) is 3.40. The van der Waals surface area contributed by atoms with Gasteiger partial charge in [-0.25, -0.2) is 19.7 Å². The molecular formula is C18H20N6O3. The van der Waals surface area contributed by atoms with Gasteiger partial charge >= 0.3 is 6.03 Å². The first-order chi connectivity index (χ1) is 13.2. The number of ether oxygens (including phenoxy) is 1. The fourth-order valence-electron chi connectivity index (χ4n) is 3.44. The molecule has 0 atom stereocenters. The van der Waals surface area contributed by atoms with Crippen LogP contribution in [-0.4, -0.2) is 63.6 Å². The van der Waals surface area contributed by atoms with E-state index in [-0.39, 0.29) is 25.1 Å². The number of piperidine rings is 1. The number of hydrogen-bond donors (Lipinski definition) is 1. The van der Waals surface area contributed by atoms with Gasteiger partial charge in [0.15, 0.2) is 0 Å². The zero-order valence-electron chi connectivity index (χ0n) is 14.7. The van der Waals surface area contributed by atoms with Crippen LogP contribution < -0.4 is 15.0 Å². The standard InChI is InChI=1S/C18H20N6O3/c25-15-18(5-10-23(11-6-18)16-20-8-3-9-21-16)22-17(26)24(15)12-13-27-14-4-1-2-7-19-14/h1-4,7-9H,5-6,10-13H2,(H,22,26). The molecule has 0 aromatic carbocycles. The molecule has 0 unspecified atom stereocenters. The van der Waals surface area contributed by atoms with Crippen LogP contribution >= 0.6 is 0 Å². The minimum Gasteiger partial charge on any atom is -0.476 e. The average Bonchev–Trinajstić information content (AvgIpc) is 2.94. The monoisotopic (exact) mass is 368 g/mol. The van der Waals surface area contributed by atoms with Crippen LogP contribution in [0.15, 0.2) is 42.9 Å². The van der Waals surface area contributed by atoms with Gasteiger partial charge in [-0.2, -0.15) is 0 Å². The Kier molecular flexibility index (Phi) is 4.57. The fourth-order valence-corrected chi connectivity index (χ4v) is 3.44. The van der Waals surface area contributed by atoms with Crippen LogP contribution in [0, 0.1) is 0 Å². The highest BCUT2D eigenvalue weighted by Gasteiger charge is 2.52. The van der Waals surface area contributed by atoms with E-state index in [1.165, 1.54) is 4.90 Å². The van der Waals surface area contributed by atoms with E-state index in [2.05, 4.69) is 20.3 Å². The van der Waals surface area contributed by atoms with Gasteiger partial charge in [0.2, 0.25) is 11.8 Å². The van der Waals surface area contributed by atoms with Crippen LogP contribution in [0.25, 0.3) is 0 Å². The van der Waals surface area contributed by atoms with Crippen LogP contribution in [-0.2, 0) is 4.79 Å². The average molecular weight is 368 g/mol.